The lowest BCUT2D eigenvalue weighted by Crippen LogP contribution is -2.38. The summed E-state index contributed by atoms with van der Waals surface area (Å²) in [5.41, 5.74) is 9.95. The maximum absolute atomic E-state index is 12.0. The van der Waals surface area contributed by atoms with Crippen molar-refractivity contribution in [2.45, 2.75) is 24.5 Å². The minimum Gasteiger partial charge on any atom is -0.460 e. The highest BCUT2D eigenvalue weighted by Crippen LogP contribution is 2.66. The molecule has 1 saturated heterocycles. The van der Waals surface area contributed by atoms with E-state index in [1.54, 1.807) is 0 Å². The number of hydrogen-bond acceptors (Lipinski definition) is 14. The second-order valence-electron chi connectivity index (χ2n) is 6.62. The number of aliphatic hydroxyl groups is 1. The standard InChI is InChI=1S/C11H17N6O14P3S/c12-10-15-7-4(8(19)16-10)14-2-17(7)9-6(29-11(13)35)5(18)3(28-9)1-27-33(23,24)31-34(25,26)30-32(20,21)22/h2-3,5-6,9,18H,1H2,(H2,13,35)(H,23,24)(H,25,26)(H2,20,21,22)(H3,12,15,16,19)/t3-,5-,6-,9-/m1/s1. The molecule has 10 N–H and O–H groups in total. The molecule has 24 heteroatoms. The highest BCUT2D eigenvalue weighted by atomic mass is 32.1. The number of aliphatic hydroxyl groups excluding tert-OH is 1. The van der Waals surface area contributed by atoms with Gasteiger partial charge in [-0.15, -0.1) is 0 Å². The predicted octanol–water partition coefficient (Wildman–Crippen LogP) is -2.07. The molecule has 1 aliphatic heterocycles. The van der Waals surface area contributed by atoms with Crippen LogP contribution in [0.4, 0.5) is 5.95 Å². The van der Waals surface area contributed by atoms with Gasteiger partial charge < -0.3 is 45.6 Å². The maximum atomic E-state index is 12.0. The lowest BCUT2D eigenvalue weighted by molar-refractivity contribution is -0.0487. The van der Waals surface area contributed by atoms with Crippen molar-refractivity contribution in [3.05, 3.63) is 16.7 Å². The average Bonchev–Trinajstić information content (AvgIpc) is 3.19. The Morgan fingerprint density at radius 1 is 1.23 bits per heavy atom. The molecule has 0 aliphatic carbocycles. The van der Waals surface area contributed by atoms with Crippen LogP contribution in [0.5, 0.6) is 0 Å². The minimum atomic E-state index is -5.76. The Labute approximate surface area is 198 Å². The van der Waals surface area contributed by atoms with Crippen LogP contribution in [-0.4, -0.2) is 74.3 Å². The summed E-state index contributed by atoms with van der Waals surface area (Å²) in [7, 11) is -16.9. The van der Waals surface area contributed by atoms with Crippen LogP contribution < -0.4 is 17.0 Å². The van der Waals surface area contributed by atoms with Crippen LogP contribution >= 0.6 is 35.7 Å². The number of aromatic amines is 1. The van der Waals surface area contributed by atoms with Crippen LogP contribution in [0.1, 0.15) is 6.23 Å². The quantitative estimate of drug-likeness (QED) is 0.116. The van der Waals surface area contributed by atoms with Gasteiger partial charge in [0.25, 0.3) is 10.7 Å². The fourth-order valence-electron chi connectivity index (χ4n) is 2.94. The van der Waals surface area contributed by atoms with E-state index in [9.17, 15) is 33.4 Å². The van der Waals surface area contributed by atoms with Crippen molar-refractivity contribution >= 4 is 58.0 Å². The molecule has 0 spiro atoms. The summed E-state index contributed by atoms with van der Waals surface area (Å²) < 4.78 is 57.7. The molecule has 2 aromatic heterocycles. The average molecular weight is 582 g/mol. The van der Waals surface area contributed by atoms with Gasteiger partial charge in [-0.3, -0.25) is 18.9 Å². The second-order valence-corrected chi connectivity index (χ2v) is 11.4. The van der Waals surface area contributed by atoms with Crippen LogP contribution in [0.25, 0.3) is 11.2 Å². The van der Waals surface area contributed by atoms with Gasteiger partial charge in [-0.1, -0.05) is 0 Å². The lowest BCUT2D eigenvalue weighted by atomic mass is 10.1. The summed E-state index contributed by atoms with van der Waals surface area (Å²) in [6.45, 7) is -1.01. The molecule has 0 bridgehead atoms. The Balaban J connectivity index is 1.82. The highest BCUT2D eigenvalue weighted by molar-refractivity contribution is 7.80. The minimum absolute atomic E-state index is 0.103. The number of hydrogen-bond donors (Lipinski definition) is 8. The molecule has 0 saturated carbocycles. The Hall–Kier alpha value is -1.83. The van der Waals surface area contributed by atoms with Crippen molar-refractivity contribution in [3.8, 4) is 0 Å². The first-order valence-corrected chi connectivity index (χ1v) is 13.7. The van der Waals surface area contributed by atoms with E-state index in [1.165, 1.54) is 0 Å². The zero-order valence-electron chi connectivity index (χ0n) is 16.8. The zero-order chi connectivity index (χ0) is 26.3. The van der Waals surface area contributed by atoms with Gasteiger partial charge in [0.15, 0.2) is 23.5 Å². The number of rotatable bonds is 9. The maximum Gasteiger partial charge on any atom is 0.490 e. The number of fused-ring (bicyclic) bond motifs is 1. The third-order valence-corrected chi connectivity index (χ3v) is 8.01. The van der Waals surface area contributed by atoms with Crippen LogP contribution in [0.2, 0.25) is 0 Å². The zero-order valence-corrected chi connectivity index (χ0v) is 20.3. The molecule has 3 rings (SSSR count). The number of nitrogens with one attached hydrogen (secondary N) is 1. The number of H-pyrrole nitrogens is 1. The van der Waals surface area contributed by atoms with E-state index in [2.05, 4.69) is 40.3 Å². The van der Waals surface area contributed by atoms with Crippen molar-refractivity contribution in [2.75, 3.05) is 12.3 Å². The van der Waals surface area contributed by atoms with Gasteiger partial charge in [0.1, 0.15) is 12.2 Å². The molecule has 2 aromatic rings. The number of ether oxygens (including phenoxy) is 2. The summed E-state index contributed by atoms with van der Waals surface area (Å²) in [5.74, 6) is -0.279. The molecule has 0 radical (unpaired) electrons. The Morgan fingerprint density at radius 2 is 1.89 bits per heavy atom. The third kappa shape index (κ3) is 6.89. The van der Waals surface area contributed by atoms with E-state index in [4.69, 9.17) is 30.7 Å². The Kier molecular flexibility index (Phi) is 7.86. The van der Waals surface area contributed by atoms with Gasteiger partial charge in [-0.2, -0.15) is 13.6 Å². The van der Waals surface area contributed by atoms with Crippen molar-refractivity contribution in [1.29, 1.82) is 0 Å². The van der Waals surface area contributed by atoms with E-state index in [1.807, 2.05) is 0 Å². The molecule has 196 valence electrons. The van der Waals surface area contributed by atoms with Crippen LogP contribution in [0.3, 0.4) is 0 Å². The van der Waals surface area contributed by atoms with Gasteiger partial charge >= 0.3 is 23.5 Å². The van der Waals surface area contributed by atoms with E-state index in [0.29, 0.717) is 0 Å². The summed E-state index contributed by atoms with van der Waals surface area (Å²) in [6, 6.07) is 0. The summed E-state index contributed by atoms with van der Waals surface area (Å²) >= 11 is 4.67. The number of anilines is 1. The van der Waals surface area contributed by atoms with E-state index >= 15 is 0 Å². The largest absolute Gasteiger partial charge is 0.490 e. The molecule has 0 amide bonds. The van der Waals surface area contributed by atoms with Gasteiger partial charge in [0.2, 0.25) is 5.95 Å². The molecular weight excluding hydrogens is 565 g/mol. The topological polar surface area (TPSA) is 314 Å². The molecule has 2 unspecified atom stereocenters. The number of nitrogens with two attached hydrogens (primary N) is 2. The smallest absolute Gasteiger partial charge is 0.460 e. The molecule has 20 nitrogen and oxygen atoms in total. The third-order valence-electron chi connectivity index (χ3n) is 4.11. The first-order chi connectivity index (χ1) is 16.0. The SMILES string of the molecule is NC(=S)O[C@@H]1[C@H](O)[C@@H](COP(=O)(O)OP(=O)(O)OP(=O)(O)O)O[C@H]1n1cnc2c(=O)[nH]c(N)nc21. The highest BCUT2D eigenvalue weighted by Gasteiger charge is 2.49. The summed E-state index contributed by atoms with van der Waals surface area (Å²) in [6.07, 6.45) is -4.90. The molecule has 35 heavy (non-hydrogen) atoms. The van der Waals surface area contributed by atoms with Gasteiger partial charge in [0, 0.05) is 0 Å². The first-order valence-electron chi connectivity index (χ1n) is 8.78. The van der Waals surface area contributed by atoms with E-state index in [-0.39, 0.29) is 17.1 Å². The summed E-state index contributed by atoms with van der Waals surface area (Å²) in [5, 5.41) is 10.1. The first kappa shape index (κ1) is 27.8. The van der Waals surface area contributed by atoms with Crippen LogP contribution in [-0.2, 0) is 36.3 Å². The number of nitrogens with zero attached hydrogens (tertiary/aromatic N) is 3. The van der Waals surface area contributed by atoms with E-state index < -0.39 is 65.3 Å². The molecule has 1 aliphatic rings. The molecule has 0 aromatic carbocycles. The van der Waals surface area contributed by atoms with Gasteiger partial charge in [0.05, 0.1) is 12.9 Å². The molecular formula is C11H17N6O14P3S. The van der Waals surface area contributed by atoms with Crippen molar-refractivity contribution in [2.24, 2.45) is 5.73 Å². The van der Waals surface area contributed by atoms with Gasteiger partial charge in [-0.05, 0) is 12.2 Å². The van der Waals surface area contributed by atoms with Crippen LogP contribution in [0.15, 0.2) is 11.1 Å². The fraction of sp³-hybridized carbons (Fsp3) is 0.455. The molecule has 3 heterocycles. The molecule has 1 fully saturated rings. The summed E-state index contributed by atoms with van der Waals surface area (Å²) in [4.78, 5) is 58.0. The number of nitrogen functional groups attached to an aromatic ring is 1. The van der Waals surface area contributed by atoms with Crippen molar-refractivity contribution in [1.82, 2.24) is 19.5 Å². The van der Waals surface area contributed by atoms with Gasteiger partial charge in [-0.25, -0.2) is 18.7 Å². The fourth-order valence-corrected chi connectivity index (χ4v) is 6.08. The monoisotopic (exact) mass is 582 g/mol. The van der Waals surface area contributed by atoms with Crippen molar-refractivity contribution in [3.63, 3.8) is 0 Å². The number of thiocarbonyl (C=S) groups is 1. The Morgan fingerprint density at radius 3 is 2.49 bits per heavy atom. The number of phosphoric acid groups is 3. The van der Waals surface area contributed by atoms with E-state index in [0.717, 1.165) is 10.9 Å². The normalized spacial score (nSPS) is 26.3. The number of imidazole rings is 1. The predicted molar refractivity (Wildman–Crippen MR) is 114 cm³/mol. The number of phosphoric ester groups is 1. The van der Waals surface area contributed by atoms with Crippen LogP contribution in [0, 0.1) is 0 Å². The number of aromatic nitrogens is 4. The second kappa shape index (κ2) is 9.91. The van der Waals surface area contributed by atoms with Crippen molar-refractivity contribution < 1.29 is 61.0 Å². The molecule has 6 atom stereocenters. The lowest BCUT2D eigenvalue weighted by Gasteiger charge is -2.21. The Bertz CT molecular complexity index is 1330.